The van der Waals surface area contributed by atoms with Gasteiger partial charge < -0.3 is 10.1 Å². The fourth-order valence-electron chi connectivity index (χ4n) is 5.45. The summed E-state index contributed by atoms with van der Waals surface area (Å²) in [6.45, 7) is 11.4. The molecular formula is C33H41NO. The summed E-state index contributed by atoms with van der Waals surface area (Å²) in [4.78, 5) is 0. The van der Waals surface area contributed by atoms with Crippen LogP contribution in [0.1, 0.15) is 77.3 Å². The Labute approximate surface area is 212 Å². The zero-order valence-electron chi connectivity index (χ0n) is 22.0. The molecule has 1 N–H and O–H groups in total. The van der Waals surface area contributed by atoms with E-state index in [9.17, 15) is 0 Å². The van der Waals surface area contributed by atoms with Gasteiger partial charge in [0.15, 0.2) is 0 Å². The van der Waals surface area contributed by atoms with Gasteiger partial charge in [0.25, 0.3) is 0 Å². The van der Waals surface area contributed by atoms with Crippen LogP contribution in [0, 0.1) is 0 Å². The number of unbranched alkanes of at least 4 members (excludes halogenated alkanes) is 1. The van der Waals surface area contributed by atoms with Crippen LogP contribution < -0.4 is 10.1 Å². The van der Waals surface area contributed by atoms with Crippen LogP contribution in [0.15, 0.2) is 66.7 Å². The molecule has 0 aromatic heterocycles. The maximum atomic E-state index is 6.41. The van der Waals surface area contributed by atoms with Crippen molar-refractivity contribution < 1.29 is 4.74 Å². The zero-order valence-corrected chi connectivity index (χ0v) is 22.0. The number of fused-ring (bicyclic) bond motifs is 1. The van der Waals surface area contributed by atoms with Crippen molar-refractivity contribution in [3.05, 3.63) is 77.9 Å². The highest BCUT2D eigenvalue weighted by atomic mass is 16.5. The van der Waals surface area contributed by atoms with Crippen molar-refractivity contribution in [1.82, 2.24) is 5.32 Å². The number of nitrogens with one attached hydrogen (secondary N) is 1. The van der Waals surface area contributed by atoms with Crippen LogP contribution in [0.2, 0.25) is 0 Å². The van der Waals surface area contributed by atoms with Crippen molar-refractivity contribution in [2.75, 3.05) is 13.2 Å². The summed E-state index contributed by atoms with van der Waals surface area (Å²) in [7, 11) is 0. The minimum absolute atomic E-state index is 0.188. The highest BCUT2D eigenvalue weighted by molar-refractivity contribution is 5.78. The molecule has 5 rings (SSSR count). The van der Waals surface area contributed by atoms with E-state index in [1.165, 1.54) is 59.1 Å². The topological polar surface area (TPSA) is 21.3 Å². The Morgan fingerprint density at radius 2 is 1.46 bits per heavy atom. The van der Waals surface area contributed by atoms with E-state index in [1.807, 2.05) is 0 Å². The molecule has 184 valence electrons. The van der Waals surface area contributed by atoms with Gasteiger partial charge in [0.05, 0.1) is 6.61 Å². The van der Waals surface area contributed by atoms with E-state index in [0.29, 0.717) is 0 Å². The first-order valence-electron chi connectivity index (χ1n) is 13.5. The van der Waals surface area contributed by atoms with Crippen molar-refractivity contribution in [3.8, 4) is 28.0 Å². The summed E-state index contributed by atoms with van der Waals surface area (Å²) >= 11 is 0. The molecule has 0 spiro atoms. The van der Waals surface area contributed by atoms with E-state index in [0.717, 1.165) is 37.8 Å². The van der Waals surface area contributed by atoms with E-state index in [-0.39, 0.29) is 10.8 Å². The van der Waals surface area contributed by atoms with Crippen LogP contribution in [-0.4, -0.2) is 19.2 Å². The minimum Gasteiger partial charge on any atom is -0.493 e. The Morgan fingerprint density at radius 1 is 0.743 bits per heavy atom. The molecule has 0 bridgehead atoms. The first-order chi connectivity index (χ1) is 16.8. The highest BCUT2D eigenvalue weighted by Crippen LogP contribution is 2.47. The van der Waals surface area contributed by atoms with Crippen LogP contribution in [0.4, 0.5) is 0 Å². The van der Waals surface area contributed by atoms with Crippen LogP contribution in [-0.2, 0) is 10.8 Å². The molecule has 0 saturated heterocycles. The second kappa shape index (κ2) is 9.82. The second-order valence-electron chi connectivity index (χ2n) is 11.9. The lowest BCUT2D eigenvalue weighted by Crippen LogP contribution is -2.33. The molecule has 0 aliphatic heterocycles. The average Bonchev–Trinajstić information content (AvgIpc) is 3.69. The lowest BCUT2D eigenvalue weighted by atomic mass is 9.63. The molecule has 0 radical (unpaired) electrons. The number of benzene rings is 3. The van der Waals surface area contributed by atoms with E-state index in [2.05, 4.69) is 99.7 Å². The van der Waals surface area contributed by atoms with Gasteiger partial charge >= 0.3 is 0 Å². The predicted octanol–water partition coefficient (Wildman–Crippen LogP) is 8.28. The van der Waals surface area contributed by atoms with Gasteiger partial charge in [-0.2, -0.15) is 0 Å². The number of rotatable bonds is 9. The van der Waals surface area contributed by atoms with Crippen LogP contribution in [0.5, 0.6) is 5.75 Å². The number of ether oxygens (including phenoxy) is 1. The molecule has 1 fully saturated rings. The Balaban J connectivity index is 1.45. The summed E-state index contributed by atoms with van der Waals surface area (Å²) in [5, 5.41) is 3.61. The molecule has 2 nitrogen and oxygen atoms in total. The summed E-state index contributed by atoms with van der Waals surface area (Å²) in [5.41, 5.74) is 8.35. The molecule has 3 aromatic rings. The predicted molar refractivity (Wildman–Crippen MR) is 148 cm³/mol. The molecule has 3 aromatic carbocycles. The third-order valence-corrected chi connectivity index (χ3v) is 8.09. The minimum atomic E-state index is 0.188. The molecule has 0 amide bonds. The van der Waals surface area contributed by atoms with Gasteiger partial charge in [-0.05, 0) is 95.8 Å². The molecule has 35 heavy (non-hydrogen) atoms. The smallest absolute Gasteiger partial charge is 0.127 e. The first-order valence-corrected chi connectivity index (χ1v) is 13.5. The Hall–Kier alpha value is -2.58. The maximum absolute atomic E-state index is 6.41. The molecule has 0 unspecified atom stereocenters. The Kier molecular flexibility index (Phi) is 6.77. The summed E-state index contributed by atoms with van der Waals surface area (Å²) in [6, 6.07) is 25.3. The number of hydrogen-bond acceptors (Lipinski definition) is 2. The van der Waals surface area contributed by atoms with Gasteiger partial charge in [-0.15, -0.1) is 0 Å². The largest absolute Gasteiger partial charge is 0.493 e. The van der Waals surface area contributed by atoms with Crippen molar-refractivity contribution >= 4 is 0 Å². The van der Waals surface area contributed by atoms with Crippen LogP contribution in [0.25, 0.3) is 22.3 Å². The van der Waals surface area contributed by atoms with Crippen LogP contribution in [0.3, 0.4) is 0 Å². The quantitative estimate of drug-likeness (QED) is 0.320. The molecular weight excluding hydrogens is 426 g/mol. The van der Waals surface area contributed by atoms with Gasteiger partial charge in [-0.1, -0.05) is 82.3 Å². The SMILES string of the molecule is CC1(C)CCC(C)(C)c2cc(-c3cc(-c4ccccc4)ccc3OCCCCNC3CC3)ccc21. The Bertz CT molecular complexity index is 1160. The molecule has 0 heterocycles. The van der Waals surface area contributed by atoms with E-state index in [4.69, 9.17) is 4.74 Å². The van der Waals surface area contributed by atoms with Gasteiger partial charge in [-0.25, -0.2) is 0 Å². The summed E-state index contributed by atoms with van der Waals surface area (Å²) in [6.07, 6.45) is 7.39. The van der Waals surface area contributed by atoms with E-state index in [1.54, 1.807) is 0 Å². The second-order valence-corrected chi connectivity index (χ2v) is 11.9. The third-order valence-electron chi connectivity index (χ3n) is 8.09. The Morgan fingerprint density at radius 3 is 2.20 bits per heavy atom. The van der Waals surface area contributed by atoms with Gasteiger partial charge in [0.1, 0.15) is 5.75 Å². The molecule has 1 saturated carbocycles. The molecule has 0 atom stereocenters. The first kappa shape index (κ1) is 24.1. The fourth-order valence-corrected chi connectivity index (χ4v) is 5.45. The van der Waals surface area contributed by atoms with Crippen molar-refractivity contribution in [2.45, 2.75) is 83.1 Å². The summed E-state index contributed by atoms with van der Waals surface area (Å²) in [5.74, 6) is 0.993. The lowest BCUT2D eigenvalue weighted by Gasteiger charge is -2.42. The third kappa shape index (κ3) is 5.48. The monoisotopic (exact) mass is 467 g/mol. The van der Waals surface area contributed by atoms with Crippen molar-refractivity contribution in [1.29, 1.82) is 0 Å². The van der Waals surface area contributed by atoms with Crippen molar-refractivity contribution in [2.24, 2.45) is 0 Å². The number of hydrogen-bond donors (Lipinski definition) is 1. The highest BCUT2D eigenvalue weighted by Gasteiger charge is 2.37. The van der Waals surface area contributed by atoms with Gasteiger partial charge in [0, 0.05) is 11.6 Å². The molecule has 2 heteroatoms. The molecule has 2 aliphatic rings. The fraction of sp³-hybridized carbons (Fsp3) is 0.455. The zero-order chi connectivity index (χ0) is 24.5. The summed E-state index contributed by atoms with van der Waals surface area (Å²) < 4.78 is 6.41. The average molecular weight is 468 g/mol. The molecule has 2 aliphatic carbocycles. The normalized spacial score (nSPS) is 18.2. The maximum Gasteiger partial charge on any atom is 0.127 e. The van der Waals surface area contributed by atoms with Crippen LogP contribution >= 0.6 is 0 Å². The standard InChI is InChI=1S/C33H41NO/c1-32(2)18-19-33(3,4)30-23-26(12-16-29(30)32)28-22-25(24-10-6-5-7-11-24)13-17-31(28)35-21-9-8-20-34-27-14-15-27/h5-7,10-13,16-17,22-23,27,34H,8-9,14-15,18-21H2,1-4H3. The van der Waals surface area contributed by atoms with E-state index >= 15 is 0 Å². The lowest BCUT2D eigenvalue weighted by molar-refractivity contribution is 0.307. The van der Waals surface area contributed by atoms with E-state index < -0.39 is 0 Å². The van der Waals surface area contributed by atoms with Crippen molar-refractivity contribution in [3.63, 3.8) is 0 Å². The van der Waals surface area contributed by atoms with Gasteiger partial charge in [0.2, 0.25) is 0 Å². The van der Waals surface area contributed by atoms with Gasteiger partial charge in [-0.3, -0.25) is 0 Å².